The molecule has 0 radical (unpaired) electrons. The van der Waals surface area contributed by atoms with Crippen LogP contribution in [0.3, 0.4) is 0 Å². The summed E-state index contributed by atoms with van der Waals surface area (Å²) in [6.45, 7) is 14.8. The van der Waals surface area contributed by atoms with E-state index in [1.807, 2.05) is 51.1 Å². The van der Waals surface area contributed by atoms with Gasteiger partial charge >= 0.3 is 0 Å². The summed E-state index contributed by atoms with van der Waals surface area (Å²) in [5, 5.41) is 23.8. The summed E-state index contributed by atoms with van der Waals surface area (Å²) in [6.07, 6.45) is 10.0. The zero-order chi connectivity index (χ0) is 23.6. The number of hydrogen-bond donors (Lipinski definition) is 2. The summed E-state index contributed by atoms with van der Waals surface area (Å²) in [6, 6.07) is 10.2. The Kier molecular flexibility index (Phi) is 7.34. The summed E-state index contributed by atoms with van der Waals surface area (Å²) < 4.78 is 6.44. The van der Waals surface area contributed by atoms with E-state index in [0.29, 0.717) is 13.0 Å². The van der Waals surface area contributed by atoms with Crippen LogP contribution in [0.4, 0.5) is 0 Å². The molecule has 0 saturated heterocycles. The van der Waals surface area contributed by atoms with E-state index in [-0.39, 0.29) is 6.10 Å². The minimum Gasteiger partial charge on any atom is -0.386 e. The zero-order valence-corrected chi connectivity index (χ0v) is 20.4. The monoisotopic (exact) mass is 436 g/mol. The number of ether oxygens (including phenoxy) is 1. The van der Waals surface area contributed by atoms with Gasteiger partial charge in [-0.1, -0.05) is 80.6 Å². The Morgan fingerprint density at radius 2 is 1.91 bits per heavy atom. The minimum absolute atomic E-state index is 0.0833. The number of aliphatic hydroxyl groups excluding tert-OH is 1. The molecule has 0 fully saturated rings. The maximum atomic E-state index is 12.0. The molecule has 2 N–H and O–H groups in total. The van der Waals surface area contributed by atoms with Crippen molar-refractivity contribution in [2.45, 2.75) is 84.7 Å². The smallest absolute Gasteiger partial charge is 0.105 e. The largest absolute Gasteiger partial charge is 0.386 e. The van der Waals surface area contributed by atoms with Gasteiger partial charge in [0.2, 0.25) is 0 Å². The molecular formula is C29H40O3. The molecule has 3 heteroatoms. The van der Waals surface area contributed by atoms with E-state index in [9.17, 15) is 10.2 Å². The third-order valence-electron chi connectivity index (χ3n) is 7.94. The second-order valence-electron chi connectivity index (χ2n) is 10.2. The maximum absolute atomic E-state index is 12.0. The van der Waals surface area contributed by atoms with Crippen molar-refractivity contribution in [2.75, 3.05) is 0 Å². The first-order valence-corrected chi connectivity index (χ1v) is 11.8. The van der Waals surface area contributed by atoms with Crippen LogP contribution in [0.2, 0.25) is 0 Å². The molecule has 3 nitrogen and oxygen atoms in total. The lowest BCUT2D eigenvalue weighted by Crippen LogP contribution is -2.59. The summed E-state index contributed by atoms with van der Waals surface area (Å²) in [5.74, 6) is 0. The van der Waals surface area contributed by atoms with Gasteiger partial charge in [-0.15, -0.1) is 0 Å². The highest BCUT2D eigenvalue weighted by atomic mass is 16.5. The normalized spacial score (nSPS) is 31.5. The number of benzene rings is 1. The van der Waals surface area contributed by atoms with Crippen LogP contribution in [0.15, 0.2) is 77.9 Å². The molecule has 0 unspecified atom stereocenters. The van der Waals surface area contributed by atoms with Gasteiger partial charge in [-0.2, -0.15) is 0 Å². The maximum Gasteiger partial charge on any atom is 0.105 e. The average molecular weight is 437 g/mol. The van der Waals surface area contributed by atoms with Gasteiger partial charge in [0.15, 0.2) is 0 Å². The molecule has 0 heterocycles. The van der Waals surface area contributed by atoms with Crippen molar-refractivity contribution >= 4 is 0 Å². The zero-order valence-electron chi connectivity index (χ0n) is 20.4. The molecule has 0 aromatic heterocycles. The number of allylic oxidation sites excluding steroid dienone is 4. The number of rotatable bonds is 7. The first kappa shape index (κ1) is 24.7. The number of aliphatic hydroxyl groups is 2. The van der Waals surface area contributed by atoms with Crippen LogP contribution < -0.4 is 0 Å². The summed E-state index contributed by atoms with van der Waals surface area (Å²) in [5.41, 5.74) is 1.86. The molecule has 0 amide bonds. The van der Waals surface area contributed by atoms with E-state index >= 15 is 0 Å². The van der Waals surface area contributed by atoms with E-state index in [1.54, 1.807) is 0 Å². The van der Waals surface area contributed by atoms with Gasteiger partial charge in [0.05, 0.1) is 12.7 Å². The van der Waals surface area contributed by atoms with Crippen LogP contribution >= 0.6 is 0 Å². The second kappa shape index (κ2) is 9.51. The van der Waals surface area contributed by atoms with Gasteiger partial charge in [-0.3, -0.25) is 0 Å². The predicted molar refractivity (Wildman–Crippen MR) is 132 cm³/mol. The standard InChI is InChI=1S/C29H40O3/c1-7-18-28(6)24(15-12-16-25(28)32-20-22-13-10-9-11-14-22)26(30)29(31)19-17-21(3)23(8-2)27(29,4)5/h7-11,13-15,18,25-26,30-31H,2,12,16-17,19-20H2,1,3-6H3/b18-7+/t25-,26-,28-,29+/m0/s1. The molecule has 0 spiro atoms. The molecule has 32 heavy (non-hydrogen) atoms. The lowest BCUT2D eigenvalue weighted by atomic mass is 9.56. The molecule has 0 saturated carbocycles. The summed E-state index contributed by atoms with van der Waals surface area (Å²) in [4.78, 5) is 0. The highest BCUT2D eigenvalue weighted by Gasteiger charge is 2.56. The fraction of sp³-hybridized carbons (Fsp3) is 0.517. The highest BCUT2D eigenvalue weighted by molar-refractivity contribution is 5.40. The van der Waals surface area contributed by atoms with Crippen LogP contribution in [0.25, 0.3) is 0 Å². The van der Waals surface area contributed by atoms with Gasteiger partial charge in [0, 0.05) is 10.8 Å². The van der Waals surface area contributed by atoms with E-state index < -0.39 is 22.5 Å². The lowest BCUT2D eigenvalue weighted by Gasteiger charge is -2.53. The molecule has 1 aromatic rings. The molecule has 0 bridgehead atoms. The van der Waals surface area contributed by atoms with Gasteiger partial charge in [-0.25, -0.2) is 0 Å². The summed E-state index contributed by atoms with van der Waals surface area (Å²) >= 11 is 0. The fourth-order valence-electron chi connectivity index (χ4n) is 5.84. The van der Waals surface area contributed by atoms with Crippen LogP contribution in [0.1, 0.15) is 65.9 Å². The molecule has 0 aliphatic heterocycles. The van der Waals surface area contributed by atoms with Crippen molar-refractivity contribution in [3.63, 3.8) is 0 Å². The van der Waals surface area contributed by atoms with Crippen LogP contribution in [-0.2, 0) is 11.3 Å². The highest BCUT2D eigenvalue weighted by Crippen LogP contribution is 2.54. The Morgan fingerprint density at radius 3 is 2.53 bits per heavy atom. The SMILES string of the molecule is C=CC1=C(C)CC[C@@](O)([C@@H](O)C2=CCC[C@H](OCc3ccccc3)[C@@]2(C)/C=C/C)C1(C)C. The van der Waals surface area contributed by atoms with Crippen molar-refractivity contribution < 1.29 is 14.9 Å². The van der Waals surface area contributed by atoms with Crippen molar-refractivity contribution in [2.24, 2.45) is 10.8 Å². The van der Waals surface area contributed by atoms with Crippen molar-refractivity contribution in [3.05, 3.63) is 83.5 Å². The third-order valence-corrected chi connectivity index (χ3v) is 7.94. The molecule has 1 aromatic carbocycles. The molecule has 3 rings (SSSR count). The molecule has 4 atom stereocenters. The Balaban J connectivity index is 1.94. The van der Waals surface area contributed by atoms with E-state index in [0.717, 1.165) is 36.0 Å². The molecular weight excluding hydrogens is 396 g/mol. The fourth-order valence-corrected chi connectivity index (χ4v) is 5.84. The molecule has 174 valence electrons. The molecule has 2 aliphatic carbocycles. The topological polar surface area (TPSA) is 49.7 Å². The Bertz CT molecular complexity index is 908. The second-order valence-corrected chi connectivity index (χ2v) is 10.2. The van der Waals surface area contributed by atoms with Crippen LogP contribution in [0, 0.1) is 10.8 Å². The van der Waals surface area contributed by atoms with E-state index in [4.69, 9.17) is 4.74 Å². The van der Waals surface area contributed by atoms with Crippen molar-refractivity contribution in [1.82, 2.24) is 0 Å². The Morgan fingerprint density at radius 1 is 1.22 bits per heavy atom. The van der Waals surface area contributed by atoms with Gasteiger partial charge in [0.25, 0.3) is 0 Å². The van der Waals surface area contributed by atoms with Gasteiger partial charge < -0.3 is 14.9 Å². The van der Waals surface area contributed by atoms with Crippen molar-refractivity contribution in [3.8, 4) is 0 Å². The minimum atomic E-state index is -1.29. The van der Waals surface area contributed by atoms with Gasteiger partial charge in [-0.05, 0) is 63.2 Å². The first-order chi connectivity index (χ1) is 15.1. The van der Waals surface area contributed by atoms with E-state index in [1.165, 1.54) is 5.57 Å². The van der Waals surface area contributed by atoms with E-state index in [2.05, 4.69) is 44.7 Å². The van der Waals surface area contributed by atoms with Gasteiger partial charge in [0.1, 0.15) is 11.7 Å². The van der Waals surface area contributed by atoms with Crippen molar-refractivity contribution in [1.29, 1.82) is 0 Å². The average Bonchev–Trinajstić information content (AvgIpc) is 2.76. The quantitative estimate of drug-likeness (QED) is 0.494. The third kappa shape index (κ3) is 4.19. The lowest BCUT2D eigenvalue weighted by molar-refractivity contribution is -0.139. The first-order valence-electron chi connectivity index (χ1n) is 11.8. The number of hydrogen-bond acceptors (Lipinski definition) is 3. The summed E-state index contributed by atoms with van der Waals surface area (Å²) in [7, 11) is 0. The predicted octanol–water partition coefficient (Wildman–Crippen LogP) is 6.29. The van der Waals surface area contributed by atoms with Crippen LogP contribution in [-0.4, -0.2) is 28.0 Å². The Hall–Kier alpha value is -1.94. The van der Waals surface area contributed by atoms with Crippen LogP contribution in [0.5, 0.6) is 0 Å². The Labute approximate surface area is 194 Å². The molecule has 2 aliphatic rings.